The summed E-state index contributed by atoms with van der Waals surface area (Å²) in [6, 6.07) is 79.5. The van der Waals surface area contributed by atoms with Crippen LogP contribution in [0, 0.1) is 17.9 Å². The van der Waals surface area contributed by atoms with Crippen LogP contribution in [-0.4, -0.2) is 9.13 Å². The van der Waals surface area contributed by atoms with Gasteiger partial charge in [-0.25, -0.2) is 4.85 Å². The molecule has 11 aromatic carbocycles. The Hall–Kier alpha value is -9.76. The van der Waals surface area contributed by atoms with Crippen LogP contribution >= 0.6 is 22.7 Å². The Morgan fingerprint density at radius 1 is 0.427 bits per heavy atom. The second-order valence-electron chi connectivity index (χ2n) is 19.2. The molecule has 16 rings (SSSR count). The van der Waals surface area contributed by atoms with E-state index in [0.717, 1.165) is 114 Å². The number of benzene rings is 11. The van der Waals surface area contributed by atoms with Gasteiger partial charge in [-0.2, -0.15) is 5.26 Å². The van der Waals surface area contributed by atoms with Crippen molar-refractivity contribution in [1.82, 2.24) is 9.13 Å². The van der Waals surface area contributed by atoms with Crippen LogP contribution in [0.1, 0.15) is 5.56 Å². The fourth-order valence-corrected chi connectivity index (χ4v) is 14.8. The van der Waals surface area contributed by atoms with E-state index >= 15 is 0 Å². The highest BCUT2D eigenvalue weighted by Gasteiger charge is 2.34. The van der Waals surface area contributed by atoms with Crippen molar-refractivity contribution in [3.05, 3.63) is 235 Å². The minimum atomic E-state index is 0.395. The Labute approximate surface area is 436 Å². The maximum Gasteiger partial charge on any atom is 0.220 e. The average Bonchev–Trinajstić information content (AvgIpc) is 4.47. The van der Waals surface area contributed by atoms with E-state index in [1.54, 1.807) is 22.7 Å². The number of thiophene rings is 2. The fourth-order valence-electron chi connectivity index (χ4n) is 12.3. The second-order valence-corrected chi connectivity index (χ2v) is 21.3. The number of hydrogen-bond acceptors (Lipinski definition) is 4. The molecule has 0 radical (unpaired) electrons. The Bertz CT molecular complexity index is 5070. The Kier molecular flexibility index (Phi) is 8.85. The molecule has 346 valence electrons. The van der Waals surface area contributed by atoms with Crippen molar-refractivity contribution >= 4 is 134 Å². The van der Waals surface area contributed by atoms with Gasteiger partial charge in [0, 0.05) is 74.4 Å². The molecule has 7 heteroatoms. The van der Waals surface area contributed by atoms with Crippen molar-refractivity contribution in [2.45, 2.75) is 0 Å². The molecule has 0 amide bonds. The summed E-state index contributed by atoms with van der Waals surface area (Å²) < 4.78 is 16.5. The maximum absolute atomic E-state index is 12.3. The molecule has 75 heavy (non-hydrogen) atoms. The lowest BCUT2D eigenvalue weighted by Gasteiger charge is -2.26. The van der Waals surface area contributed by atoms with E-state index in [0.29, 0.717) is 28.2 Å². The molecule has 0 fully saturated rings. The van der Waals surface area contributed by atoms with Gasteiger partial charge in [0.25, 0.3) is 0 Å². The van der Waals surface area contributed by atoms with E-state index in [1.807, 2.05) is 48.5 Å². The second kappa shape index (κ2) is 15.9. The highest BCUT2D eigenvalue weighted by atomic mass is 32.1. The van der Waals surface area contributed by atoms with Crippen molar-refractivity contribution in [3.63, 3.8) is 0 Å². The lowest BCUT2D eigenvalue weighted by molar-refractivity contribution is 0.671. The molecule has 0 spiro atoms. The van der Waals surface area contributed by atoms with Gasteiger partial charge in [-0.3, -0.25) is 0 Å². The van der Waals surface area contributed by atoms with Gasteiger partial charge in [0.15, 0.2) is 5.58 Å². The largest absolute Gasteiger partial charge is 0.454 e. The molecule has 0 unspecified atom stereocenters. The summed E-state index contributed by atoms with van der Waals surface area (Å²) in [6.45, 7) is 9.61. The molecule has 5 nitrogen and oxygen atoms in total. The standard InChI is InChI=1S/C68H36N4OS2/c1-70-60-57(40-20-7-3-8-21-40)52(38-69)61(71-53-28-17-27-42(39-18-5-2-6-19-39)59(53)51-37-34-48-43-24-11-14-29-54(43)73-66(48)62(51)71)58(41-22-9-4-10-23-41)65(60)72-63-46(32-35-49-44-25-12-15-30-55(44)74-67(49)63)47-33-36-50-45-26-13-16-31-56(45)75-68(50)64(47)72/h2-37H. The molecule has 0 atom stereocenters. The minimum absolute atomic E-state index is 0.395. The quantitative estimate of drug-likeness (QED) is 0.161. The Balaban J connectivity index is 1.22. The van der Waals surface area contributed by atoms with E-state index in [4.69, 9.17) is 9.26 Å². The highest BCUT2D eigenvalue weighted by molar-refractivity contribution is 7.27. The van der Waals surface area contributed by atoms with Gasteiger partial charge in [0.2, 0.25) is 5.69 Å². The summed E-state index contributed by atoms with van der Waals surface area (Å²) in [5.41, 5.74) is 12.6. The lowest BCUT2D eigenvalue weighted by atomic mass is 9.88. The van der Waals surface area contributed by atoms with Crippen molar-refractivity contribution < 1.29 is 4.42 Å². The predicted molar refractivity (Wildman–Crippen MR) is 315 cm³/mol. The summed E-state index contributed by atoms with van der Waals surface area (Å²) in [5.74, 6) is 0. The van der Waals surface area contributed by atoms with Gasteiger partial charge in [0.05, 0.1) is 55.0 Å². The number of para-hydroxylation sites is 1. The van der Waals surface area contributed by atoms with Crippen LogP contribution in [0.5, 0.6) is 0 Å². The lowest BCUT2D eigenvalue weighted by Crippen LogP contribution is -2.09. The number of hydrogen-bond donors (Lipinski definition) is 0. The molecule has 0 aliphatic heterocycles. The van der Waals surface area contributed by atoms with E-state index in [9.17, 15) is 11.8 Å². The van der Waals surface area contributed by atoms with Crippen molar-refractivity contribution in [1.29, 1.82) is 5.26 Å². The van der Waals surface area contributed by atoms with Gasteiger partial charge in [0.1, 0.15) is 11.7 Å². The van der Waals surface area contributed by atoms with E-state index in [-0.39, 0.29) is 0 Å². The third-order valence-corrected chi connectivity index (χ3v) is 17.8. The highest BCUT2D eigenvalue weighted by Crippen LogP contribution is 2.56. The van der Waals surface area contributed by atoms with Gasteiger partial charge in [-0.1, -0.05) is 188 Å². The molecule has 0 saturated carbocycles. The molecule has 16 aromatic rings. The number of nitriles is 1. The Morgan fingerprint density at radius 3 is 1.56 bits per heavy atom. The van der Waals surface area contributed by atoms with Crippen LogP contribution in [-0.2, 0) is 0 Å². The molecule has 0 aliphatic rings. The molecular weight excluding hydrogens is 953 g/mol. The summed E-state index contributed by atoms with van der Waals surface area (Å²) >= 11 is 3.59. The van der Waals surface area contributed by atoms with E-state index in [1.165, 1.54) is 20.2 Å². The zero-order valence-electron chi connectivity index (χ0n) is 39.8. The fraction of sp³-hybridized carbons (Fsp3) is 0. The molecule has 0 aliphatic carbocycles. The topological polar surface area (TPSA) is 51.1 Å². The van der Waals surface area contributed by atoms with Crippen LogP contribution in [0.3, 0.4) is 0 Å². The molecule has 5 aromatic heterocycles. The minimum Gasteiger partial charge on any atom is -0.454 e. The first-order valence-corrected chi connectivity index (χ1v) is 26.6. The predicted octanol–water partition coefficient (Wildman–Crippen LogP) is 19.9. The third-order valence-electron chi connectivity index (χ3n) is 15.4. The van der Waals surface area contributed by atoms with Crippen LogP contribution in [0.2, 0.25) is 0 Å². The average molecular weight is 989 g/mol. The first kappa shape index (κ1) is 41.8. The molecule has 0 bridgehead atoms. The molecular formula is C68H36N4OS2. The monoisotopic (exact) mass is 988 g/mol. The first-order chi connectivity index (χ1) is 37.2. The van der Waals surface area contributed by atoms with Gasteiger partial charge in [-0.05, 0) is 52.6 Å². The summed E-state index contributed by atoms with van der Waals surface area (Å²) in [6.07, 6.45) is 0. The number of aromatic nitrogens is 2. The van der Waals surface area contributed by atoms with Crippen LogP contribution < -0.4 is 0 Å². The summed E-state index contributed by atoms with van der Waals surface area (Å²) in [7, 11) is 0. The smallest absolute Gasteiger partial charge is 0.220 e. The van der Waals surface area contributed by atoms with Crippen molar-refractivity contribution in [3.8, 4) is 50.8 Å². The van der Waals surface area contributed by atoms with E-state index < -0.39 is 0 Å². The molecule has 0 N–H and O–H groups in total. The molecule has 0 saturated heterocycles. The van der Waals surface area contributed by atoms with Crippen LogP contribution in [0.25, 0.3) is 155 Å². The van der Waals surface area contributed by atoms with Gasteiger partial charge < -0.3 is 13.6 Å². The summed E-state index contributed by atoms with van der Waals surface area (Å²) in [4.78, 5) is 4.69. The zero-order valence-corrected chi connectivity index (χ0v) is 41.4. The van der Waals surface area contributed by atoms with Crippen LogP contribution in [0.15, 0.2) is 223 Å². The Morgan fingerprint density at radius 2 is 0.947 bits per heavy atom. The third kappa shape index (κ3) is 5.74. The maximum atomic E-state index is 12.3. The summed E-state index contributed by atoms with van der Waals surface area (Å²) in [5, 5.41) is 23.2. The normalized spacial score (nSPS) is 12.0. The number of nitrogens with zero attached hydrogens (tertiary/aromatic N) is 4. The number of rotatable bonds is 5. The van der Waals surface area contributed by atoms with Gasteiger partial charge >= 0.3 is 0 Å². The number of fused-ring (bicyclic) bond motifs is 18. The molecule has 5 heterocycles. The van der Waals surface area contributed by atoms with Gasteiger partial charge in [-0.15, -0.1) is 22.7 Å². The zero-order chi connectivity index (χ0) is 49.5. The first-order valence-electron chi connectivity index (χ1n) is 24.9. The van der Waals surface area contributed by atoms with Crippen molar-refractivity contribution in [2.24, 2.45) is 0 Å². The van der Waals surface area contributed by atoms with Crippen molar-refractivity contribution in [2.75, 3.05) is 0 Å². The number of furan rings is 1. The SMILES string of the molecule is [C-]#[N+]c1c(-c2ccccc2)c(C#N)c(-n2c3cccc(-c4ccccc4)c3c3ccc4c5ccccc5oc4c32)c(-c2ccccc2)c1-n1c2c(ccc3c4ccccc4sc32)c2ccc3c4ccccc4sc3c21. The van der Waals surface area contributed by atoms with Crippen LogP contribution in [0.4, 0.5) is 5.69 Å². The van der Waals surface area contributed by atoms with E-state index in [2.05, 4.69) is 185 Å².